The van der Waals surface area contributed by atoms with Crippen LogP contribution in [0.2, 0.25) is 0 Å². The fraction of sp³-hybridized carbons (Fsp3) is 0.0476. The van der Waals surface area contributed by atoms with Gasteiger partial charge in [-0.15, -0.1) is 0 Å². The van der Waals surface area contributed by atoms with Crippen LogP contribution in [-0.2, 0) is 6.42 Å². The van der Waals surface area contributed by atoms with Crippen molar-refractivity contribution in [1.82, 2.24) is 10.2 Å². The molecule has 0 saturated carbocycles. The average molecular weight is 408 g/mol. The standard InChI is InChI=1S/C21H14F2N4O3/c22-16-7-5-11(10-18-12-3-1-2-4-14(12)21(28)26-25-18)9-15(16)13-6-8-17(24)20(19(13)23)27(29)30/h1-9H,10,24H2,(H,26,28). The molecule has 1 heterocycles. The summed E-state index contributed by atoms with van der Waals surface area (Å²) in [5.74, 6) is -1.94. The van der Waals surface area contributed by atoms with Crippen LogP contribution < -0.4 is 11.3 Å². The van der Waals surface area contributed by atoms with Crippen molar-refractivity contribution in [1.29, 1.82) is 0 Å². The largest absolute Gasteiger partial charge is 0.393 e. The van der Waals surface area contributed by atoms with Gasteiger partial charge in [0, 0.05) is 22.9 Å². The van der Waals surface area contributed by atoms with Gasteiger partial charge in [-0.2, -0.15) is 9.49 Å². The number of nitrogens with two attached hydrogens (primary N) is 1. The van der Waals surface area contributed by atoms with Gasteiger partial charge in [0.15, 0.2) is 0 Å². The van der Waals surface area contributed by atoms with E-state index in [0.29, 0.717) is 22.0 Å². The zero-order valence-corrected chi connectivity index (χ0v) is 15.4. The number of benzene rings is 3. The highest BCUT2D eigenvalue weighted by Crippen LogP contribution is 2.35. The van der Waals surface area contributed by atoms with Crippen molar-refractivity contribution >= 4 is 22.1 Å². The Bertz CT molecular complexity index is 1370. The molecule has 0 saturated heterocycles. The summed E-state index contributed by atoms with van der Waals surface area (Å²) in [6, 6.07) is 13.3. The number of nitrogens with zero attached hydrogens (tertiary/aromatic N) is 2. The molecule has 0 aliphatic carbocycles. The molecule has 4 aromatic rings. The third kappa shape index (κ3) is 3.26. The number of rotatable bonds is 4. The molecule has 7 nitrogen and oxygen atoms in total. The summed E-state index contributed by atoms with van der Waals surface area (Å²) >= 11 is 0. The third-order valence-electron chi connectivity index (χ3n) is 4.80. The number of nitro groups is 1. The maximum atomic E-state index is 14.7. The summed E-state index contributed by atoms with van der Waals surface area (Å²) in [6.45, 7) is 0. The van der Waals surface area contributed by atoms with E-state index in [2.05, 4.69) is 10.2 Å². The lowest BCUT2D eigenvalue weighted by Crippen LogP contribution is -2.11. The number of hydrogen-bond acceptors (Lipinski definition) is 5. The van der Waals surface area contributed by atoms with Crippen LogP contribution in [0.1, 0.15) is 11.3 Å². The van der Waals surface area contributed by atoms with Crippen molar-refractivity contribution in [2.24, 2.45) is 0 Å². The van der Waals surface area contributed by atoms with Gasteiger partial charge in [-0.05, 0) is 35.9 Å². The number of aromatic amines is 1. The van der Waals surface area contributed by atoms with Gasteiger partial charge in [0.05, 0.1) is 16.0 Å². The number of nitrogen functional groups attached to an aromatic ring is 1. The summed E-state index contributed by atoms with van der Waals surface area (Å²) < 4.78 is 29.2. The minimum absolute atomic E-state index is 0.137. The van der Waals surface area contributed by atoms with E-state index in [0.717, 1.165) is 6.07 Å². The predicted octanol–water partition coefficient (Wildman–Crippen LogP) is 3.95. The summed E-state index contributed by atoms with van der Waals surface area (Å²) in [5, 5.41) is 18.7. The fourth-order valence-corrected chi connectivity index (χ4v) is 3.36. The molecule has 30 heavy (non-hydrogen) atoms. The Balaban J connectivity index is 1.82. The van der Waals surface area contributed by atoms with E-state index in [4.69, 9.17) is 5.73 Å². The van der Waals surface area contributed by atoms with Gasteiger partial charge in [0.1, 0.15) is 11.5 Å². The maximum absolute atomic E-state index is 14.7. The molecule has 0 unspecified atom stereocenters. The molecule has 9 heteroatoms. The number of fused-ring (bicyclic) bond motifs is 1. The van der Waals surface area contributed by atoms with Gasteiger partial charge in [0.2, 0.25) is 5.82 Å². The number of aromatic nitrogens is 2. The molecule has 0 atom stereocenters. The first-order valence-corrected chi connectivity index (χ1v) is 8.84. The van der Waals surface area contributed by atoms with E-state index < -0.39 is 22.2 Å². The Hall–Kier alpha value is -4.14. The second-order valence-corrected chi connectivity index (χ2v) is 6.66. The van der Waals surface area contributed by atoms with E-state index in [1.807, 2.05) is 0 Å². The Kier molecular flexibility index (Phi) is 4.71. The number of nitrogens with one attached hydrogen (secondary N) is 1. The van der Waals surface area contributed by atoms with Crippen molar-refractivity contribution < 1.29 is 13.7 Å². The normalized spacial score (nSPS) is 11.0. The van der Waals surface area contributed by atoms with E-state index in [1.54, 1.807) is 24.3 Å². The van der Waals surface area contributed by atoms with Gasteiger partial charge < -0.3 is 5.73 Å². The molecule has 3 aromatic carbocycles. The first-order valence-electron chi connectivity index (χ1n) is 8.84. The van der Waals surface area contributed by atoms with Gasteiger partial charge in [0.25, 0.3) is 5.56 Å². The highest BCUT2D eigenvalue weighted by Gasteiger charge is 2.24. The van der Waals surface area contributed by atoms with Crippen LogP contribution in [0.3, 0.4) is 0 Å². The molecule has 0 fully saturated rings. The van der Waals surface area contributed by atoms with Crippen LogP contribution in [0.15, 0.2) is 59.4 Å². The number of nitro benzene ring substituents is 1. The van der Waals surface area contributed by atoms with Crippen LogP contribution >= 0.6 is 0 Å². The SMILES string of the molecule is Nc1ccc(-c2cc(Cc3n[nH]c(=O)c4ccccc34)ccc2F)c(F)c1[N+](=O)[O-]. The predicted molar refractivity (Wildman–Crippen MR) is 108 cm³/mol. The Labute approximate surface area is 167 Å². The topological polar surface area (TPSA) is 115 Å². The zero-order chi connectivity index (χ0) is 21.4. The van der Waals surface area contributed by atoms with Crippen LogP contribution in [0.25, 0.3) is 21.9 Å². The summed E-state index contributed by atoms with van der Waals surface area (Å²) in [6.07, 6.45) is 0.225. The molecule has 0 bridgehead atoms. The van der Waals surface area contributed by atoms with Gasteiger partial charge in [-0.3, -0.25) is 14.9 Å². The molecule has 1 aromatic heterocycles. The molecule has 150 valence electrons. The Morgan fingerprint density at radius 1 is 1.03 bits per heavy atom. The first-order chi connectivity index (χ1) is 14.4. The van der Waals surface area contributed by atoms with Crippen molar-refractivity contribution in [2.75, 3.05) is 5.73 Å². The first kappa shape index (κ1) is 19.2. The van der Waals surface area contributed by atoms with Crippen LogP contribution in [0.5, 0.6) is 0 Å². The van der Waals surface area contributed by atoms with E-state index >= 15 is 0 Å². The maximum Gasteiger partial charge on any atom is 0.328 e. The lowest BCUT2D eigenvalue weighted by Gasteiger charge is -2.10. The van der Waals surface area contributed by atoms with Gasteiger partial charge >= 0.3 is 5.69 Å². The lowest BCUT2D eigenvalue weighted by atomic mass is 9.98. The molecule has 0 aliphatic rings. The minimum Gasteiger partial charge on any atom is -0.393 e. The Morgan fingerprint density at radius 3 is 2.50 bits per heavy atom. The Morgan fingerprint density at radius 2 is 1.77 bits per heavy atom. The van der Waals surface area contributed by atoms with Crippen molar-refractivity contribution in [2.45, 2.75) is 6.42 Å². The fourth-order valence-electron chi connectivity index (χ4n) is 3.36. The number of halogens is 2. The number of anilines is 1. The molecule has 0 aliphatic heterocycles. The quantitative estimate of drug-likeness (QED) is 0.301. The average Bonchev–Trinajstić information content (AvgIpc) is 2.72. The summed E-state index contributed by atoms with van der Waals surface area (Å²) in [4.78, 5) is 22.1. The molecule has 0 amide bonds. The second kappa shape index (κ2) is 7.36. The zero-order valence-electron chi connectivity index (χ0n) is 15.4. The molecule has 0 radical (unpaired) electrons. The van der Waals surface area contributed by atoms with Crippen LogP contribution in [0, 0.1) is 21.7 Å². The van der Waals surface area contributed by atoms with Gasteiger partial charge in [-0.25, -0.2) is 9.49 Å². The number of hydrogen-bond donors (Lipinski definition) is 2. The molecule has 0 spiro atoms. The lowest BCUT2D eigenvalue weighted by molar-refractivity contribution is -0.386. The summed E-state index contributed by atoms with van der Waals surface area (Å²) in [5.41, 5.74) is 4.64. The molecule has 3 N–H and O–H groups in total. The molecule has 4 rings (SSSR count). The molecular weight excluding hydrogens is 394 g/mol. The third-order valence-corrected chi connectivity index (χ3v) is 4.80. The second-order valence-electron chi connectivity index (χ2n) is 6.66. The monoisotopic (exact) mass is 408 g/mol. The highest BCUT2D eigenvalue weighted by atomic mass is 19.1. The minimum atomic E-state index is -1.20. The van der Waals surface area contributed by atoms with Gasteiger partial charge in [-0.1, -0.05) is 24.3 Å². The smallest absolute Gasteiger partial charge is 0.328 e. The summed E-state index contributed by atoms with van der Waals surface area (Å²) in [7, 11) is 0. The van der Waals surface area contributed by atoms with E-state index in [9.17, 15) is 23.7 Å². The van der Waals surface area contributed by atoms with E-state index in [-0.39, 0.29) is 28.8 Å². The van der Waals surface area contributed by atoms with E-state index in [1.165, 1.54) is 24.3 Å². The number of H-pyrrole nitrogens is 1. The van der Waals surface area contributed by atoms with Crippen molar-refractivity contribution in [3.63, 3.8) is 0 Å². The molecular formula is C21H14F2N4O3. The van der Waals surface area contributed by atoms with Crippen molar-refractivity contribution in [3.05, 3.63) is 98.0 Å². The van der Waals surface area contributed by atoms with Crippen molar-refractivity contribution in [3.8, 4) is 11.1 Å². The highest BCUT2D eigenvalue weighted by molar-refractivity contribution is 5.83. The van der Waals surface area contributed by atoms with Crippen LogP contribution in [-0.4, -0.2) is 15.1 Å². The van der Waals surface area contributed by atoms with Crippen LogP contribution in [0.4, 0.5) is 20.2 Å².